The van der Waals surface area contributed by atoms with Gasteiger partial charge in [0.1, 0.15) is 11.5 Å². The van der Waals surface area contributed by atoms with E-state index in [1.165, 1.54) is 5.39 Å². The highest BCUT2D eigenvalue weighted by molar-refractivity contribution is 5.89. The molecule has 128 valence electrons. The van der Waals surface area contributed by atoms with Crippen LogP contribution in [0.15, 0.2) is 103 Å². The predicted octanol–water partition coefficient (Wildman–Crippen LogP) is 6.85. The molecular weight excluding hydrogens is 330 g/mol. The highest BCUT2D eigenvalue weighted by Gasteiger charge is 2.06. The average molecular weight is 347 g/mol. The minimum Gasteiger partial charge on any atom is -0.457 e. The Morgan fingerprint density at radius 3 is 2.33 bits per heavy atom. The van der Waals surface area contributed by atoms with Crippen LogP contribution in [0.5, 0.6) is 11.5 Å². The summed E-state index contributed by atoms with van der Waals surface area (Å²) in [5.41, 5.74) is 3.06. The Hall–Kier alpha value is -3.65. The van der Waals surface area contributed by atoms with E-state index in [9.17, 15) is 0 Å². The molecule has 0 saturated carbocycles. The Kier molecular flexibility index (Phi) is 3.80. The molecule has 0 unspecified atom stereocenters. The molecule has 0 spiro atoms. The number of rotatable bonds is 3. The van der Waals surface area contributed by atoms with E-state index >= 15 is 0 Å². The van der Waals surface area contributed by atoms with Crippen molar-refractivity contribution >= 4 is 21.7 Å². The second kappa shape index (κ2) is 6.58. The first-order valence-electron chi connectivity index (χ1n) is 8.99. The van der Waals surface area contributed by atoms with Crippen molar-refractivity contribution in [3.8, 4) is 22.8 Å². The van der Waals surface area contributed by atoms with E-state index in [1.54, 1.807) is 0 Å². The fourth-order valence-corrected chi connectivity index (χ4v) is 3.35. The van der Waals surface area contributed by atoms with Gasteiger partial charge < -0.3 is 4.74 Å². The summed E-state index contributed by atoms with van der Waals surface area (Å²) >= 11 is 0. The van der Waals surface area contributed by atoms with Crippen molar-refractivity contribution in [1.82, 2.24) is 4.98 Å². The molecule has 0 fully saturated rings. The van der Waals surface area contributed by atoms with Gasteiger partial charge in [-0.3, -0.25) is 0 Å². The van der Waals surface area contributed by atoms with Gasteiger partial charge in [-0.25, -0.2) is 4.98 Å². The maximum atomic E-state index is 6.19. The Balaban J connectivity index is 1.51. The van der Waals surface area contributed by atoms with Gasteiger partial charge in [0.05, 0.1) is 11.2 Å². The van der Waals surface area contributed by atoms with Crippen LogP contribution in [-0.2, 0) is 0 Å². The topological polar surface area (TPSA) is 22.1 Å². The molecule has 2 nitrogen and oxygen atoms in total. The maximum Gasteiger partial charge on any atom is 0.135 e. The molecule has 5 aromatic rings. The van der Waals surface area contributed by atoms with Crippen LogP contribution in [-0.4, -0.2) is 4.98 Å². The molecule has 0 aliphatic carbocycles. The summed E-state index contributed by atoms with van der Waals surface area (Å²) < 4.78 is 6.19. The molecule has 0 radical (unpaired) electrons. The standard InChI is InChI=1S/C25H17NO/c1-2-8-19(9-3-1)23-15-13-20-17-21(14-16-24(20)26-23)27-25-12-6-10-18-7-4-5-11-22(18)25/h1-17H. The number of ether oxygens (including phenoxy) is 1. The van der Waals surface area contributed by atoms with E-state index in [-0.39, 0.29) is 0 Å². The SMILES string of the molecule is c1ccc(-c2ccc3cc(Oc4cccc5ccccc45)ccc3n2)cc1. The zero-order valence-corrected chi connectivity index (χ0v) is 14.7. The Morgan fingerprint density at radius 2 is 1.41 bits per heavy atom. The van der Waals surface area contributed by atoms with Crippen molar-refractivity contribution in [2.24, 2.45) is 0 Å². The van der Waals surface area contributed by atoms with Crippen molar-refractivity contribution in [3.05, 3.63) is 103 Å². The van der Waals surface area contributed by atoms with Crippen LogP contribution >= 0.6 is 0 Å². The van der Waals surface area contributed by atoms with Gasteiger partial charge in [0, 0.05) is 16.3 Å². The minimum absolute atomic E-state index is 0.813. The summed E-state index contributed by atoms with van der Waals surface area (Å²) in [6, 6.07) is 34.8. The van der Waals surface area contributed by atoms with Crippen molar-refractivity contribution in [2.75, 3.05) is 0 Å². The van der Waals surface area contributed by atoms with Crippen molar-refractivity contribution in [1.29, 1.82) is 0 Å². The number of aromatic nitrogens is 1. The fourth-order valence-electron chi connectivity index (χ4n) is 3.35. The first-order valence-corrected chi connectivity index (χ1v) is 8.99. The Labute approximate surface area is 157 Å². The maximum absolute atomic E-state index is 6.19. The molecule has 27 heavy (non-hydrogen) atoms. The van der Waals surface area contributed by atoms with Gasteiger partial charge in [0.15, 0.2) is 0 Å². The van der Waals surface area contributed by atoms with Crippen molar-refractivity contribution < 1.29 is 4.74 Å². The number of hydrogen-bond acceptors (Lipinski definition) is 2. The second-order valence-electron chi connectivity index (χ2n) is 6.50. The van der Waals surface area contributed by atoms with Gasteiger partial charge >= 0.3 is 0 Å². The lowest BCUT2D eigenvalue weighted by molar-refractivity contribution is 0.489. The Bertz CT molecular complexity index is 1240. The second-order valence-corrected chi connectivity index (χ2v) is 6.50. The van der Waals surface area contributed by atoms with Crippen LogP contribution in [0.4, 0.5) is 0 Å². The molecule has 0 saturated heterocycles. The first kappa shape index (κ1) is 15.6. The van der Waals surface area contributed by atoms with Crippen LogP contribution in [0.1, 0.15) is 0 Å². The molecule has 0 N–H and O–H groups in total. The van der Waals surface area contributed by atoms with Gasteiger partial charge in [-0.05, 0) is 35.7 Å². The highest BCUT2D eigenvalue weighted by atomic mass is 16.5. The molecule has 2 heteroatoms. The summed E-state index contributed by atoms with van der Waals surface area (Å²) in [6.07, 6.45) is 0. The van der Waals surface area contributed by atoms with Crippen LogP contribution in [0.25, 0.3) is 32.9 Å². The van der Waals surface area contributed by atoms with E-state index in [2.05, 4.69) is 42.5 Å². The number of fused-ring (bicyclic) bond motifs is 2. The monoisotopic (exact) mass is 347 g/mol. The van der Waals surface area contributed by atoms with E-state index in [0.29, 0.717) is 0 Å². The van der Waals surface area contributed by atoms with E-state index < -0.39 is 0 Å². The first-order chi connectivity index (χ1) is 13.4. The summed E-state index contributed by atoms with van der Waals surface area (Å²) in [5.74, 6) is 1.68. The van der Waals surface area contributed by atoms with Crippen LogP contribution in [0, 0.1) is 0 Å². The average Bonchev–Trinajstić information content (AvgIpc) is 2.74. The molecule has 0 aliphatic heterocycles. The van der Waals surface area contributed by atoms with Gasteiger partial charge in [0.25, 0.3) is 0 Å². The number of nitrogens with zero attached hydrogens (tertiary/aromatic N) is 1. The van der Waals surface area contributed by atoms with Crippen molar-refractivity contribution in [2.45, 2.75) is 0 Å². The van der Waals surface area contributed by atoms with Gasteiger partial charge in [-0.2, -0.15) is 0 Å². The minimum atomic E-state index is 0.813. The molecule has 0 aliphatic rings. The number of benzene rings is 4. The molecular formula is C25H17NO. The highest BCUT2D eigenvalue weighted by Crippen LogP contribution is 2.31. The lowest BCUT2D eigenvalue weighted by Crippen LogP contribution is -1.88. The van der Waals surface area contributed by atoms with Crippen LogP contribution in [0.3, 0.4) is 0 Å². The quantitative estimate of drug-likeness (QED) is 0.356. The summed E-state index contributed by atoms with van der Waals surface area (Å²) in [5, 5.41) is 3.34. The third kappa shape index (κ3) is 3.02. The molecule has 0 amide bonds. The molecule has 0 bridgehead atoms. The summed E-state index contributed by atoms with van der Waals surface area (Å²) in [6.45, 7) is 0. The largest absolute Gasteiger partial charge is 0.457 e. The number of hydrogen-bond donors (Lipinski definition) is 0. The molecule has 1 heterocycles. The molecule has 5 rings (SSSR count). The smallest absolute Gasteiger partial charge is 0.135 e. The van der Waals surface area contributed by atoms with E-state index in [1.807, 2.05) is 60.7 Å². The summed E-state index contributed by atoms with van der Waals surface area (Å²) in [4.78, 5) is 4.79. The van der Waals surface area contributed by atoms with Crippen LogP contribution in [0.2, 0.25) is 0 Å². The predicted molar refractivity (Wildman–Crippen MR) is 111 cm³/mol. The third-order valence-corrected chi connectivity index (χ3v) is 4.71. The lowest BCUT2D eigenvalue weighted by Gasteiger charge is -2.10. The van der Waals surface area contributed by atoms with Crippen LogP contribution < -0.4 is 4.74 Å². The third-order valence-electron chi connectivity index (χ3n) is 4.71. The normalized spacial score (nSPS) is 11.0. The number of pyridine rings is 1. The molecule has 4 aromatic carbocycles. The fraction of sp³-hybridized carbons (Fsp3) is 0. The summed E-state index contributed by atoms with van der Waals surface area (Å²) in [7, 11) is 0. The van der Waals surface area contributed by atoms with E-state index in [0.717, 1.165) is 39.0 Å². The lowest BCUT2D eigenvalue weighted by atomic mass is 10.1. The zero-order chi connectivity index (χ0) is 18.1. The van der Waals surface area contributed by atoms with Crippen molar-refractivity contribution in [3.63, 3.8) is 0 Å². The molecule has 0 atom stereocenters. The molecule has 1 aromatic heterocycles. The Morgan fingerprint density at radius 1 is 0.593 bits per heavy atom. The van der Waals surface area contributed by atoms with Gasteiger partial charge in [-0.1, -0.05) is 72.8 Å². The van der Waals surface area contributed by atoms with Gasteiger partial charge in [0.2, 0.25) is 0 Å². The zero-order valence-electron chi connectivity index (χ0n) is 14.7. The van der Waals surface area contributed by atoms with Gasteiger partial charge in [-0.15, -0.1) is 0 Å². The van der Waals surface area contributed by atoms with E-state index in [4.69, 9.17) is 9.72 Å².